The van der Waals surface area contributed by atoms with E-state index in [4.69, 9.17) is 19.4 Å². The Morgan fingerprint density at radius 3 is 2.62 bits per heavy atom. The van der Waals surface area contributed by atoms with Gasteiger partial charge in [-0.2, -0.15) is 0 Å². The summed E-state index contributed by atoms with van der Waals surface area (Å²) >= 11 is 0. The van der Waals surface area contributed by atoms with Crippen LogP contribution in [0.15, 0.2) is 42.5 Å². The predicted octanol–water partition coefficient (Wildman–Crippen LogP) is 4.03. The lowest BCUT2D eigenvalue weighted by Gasteiger charge is -2.23. The number of hydrogen-bond donors (Lipinski definition) is 0. The molecule has 0 N–H and O–H groups in total. The summed E-state index contributed by atoms with van der Waals surface area (Å²) in [5.41, 5.74) is 4.05. The highest BCUT2D eigenvalue weighted by Crippen LogP contribution is 2.29. The molecule has 1 aliphatic rings. The van der Waals surface area contributed by atoms with Crippen LogP contribution in [0.4, 0.5) is 4.39 Å². The first-order chi connectivity index (χ1) is 12.8. The summed E-state index contributed by atoms with van der Waals surface area (Å²) in [5.74, 6) is -0.273. The zero-order chi connectivity index (χ0) is 17.5. The van der Waals surface area contributed by atoms with E-state index in [9.17, 15) is 4.39 Å². The topological polar surface area (TPSA) is 49.2 Å². The van der Waals surface area contributed by atoms with Crippen LogP contribution in [0, 0.1) is 5.82 Å². The van der Waals surface area contributed by atoms with Crippen molar-refractivity contribution in [3.63, 3.8) is 0 Å². The second-order valence-electron chi connectivity index (χ2n) is 6.51. The number of rotatable bonds is 3. The van der Waals surface area contributed by atoms with E-state index in [0.717, 1.165) is 52.7 Å². The standard InChI is InChI=1S/C20H18FN3O2/c21-13-6-7-17-14(12-13)19-20(23-16-5-2-1-4-15(16)22-19)24(17)9-8-18-25-10-3-11-26-18/h1-2,4-7,12,18H,3,8-11H2. The van der Waals surface area contributed by atoms with Crippen LogP contribution >= 0.6 is 0 Å². The van der Waals surface area contributed by atoms with Gasteiger partial charge in [-0.25, -0.2) is 14.4 Å². The summed E-state index contributed by atoms with van der Waals surface area (Å²) in [4.78, 5) is 9.55. The Kier molecular flexibility index (Phi) is 3.80. The summed E-state index contributed by atoms with van der Waals surface area (Å²) in [6.07, 6.45) is 1.44. The molecular weight excluding hydrogens is 333 g/mol. The maximum absolute atomic E-state index is 13.9. The van der Waals surface area contributed by atoms with E-state index in [1.165, 1.54) is 12.1 Å². The molecule has 5 rings (SSSR count). The molecule has 0 atom stereocenters. The van der Waals surface area contributed by atoms with Gasteiger partial charge in [-0.05, 0) is 36.8 Å². The minimum atomic E-state index is -0.273. The molecule has 2 aromatic heterocycles. The Labute approximate surface area is 149 Å². The Balaban J connectivity index is 1.67. The van der Waals surface area contributed by atoms with Crippen LogP contribution in [0.1, 0.15) is 12.8 Å². The second kappa shape index (κ2) is 6.30. The highest BCUT2D eigenvalue weighted by Gasteiger charge is 2.18. The minimum Gasteiger partial charge on any atom is -0.353 e. The monoisotopic (exact) mass is 351 g/mol. The van der Waals surface area contributed by atoms with E-state index in [2.05, 4.69) is 4.57 Å². The van der Waals surface area contributed by atoms with E-state index in [1.54, 1.807) is 6.07 Å². The van der Waals surface area contributed by atoms with Crippen LogP contribution < -0.4 is 0 Å². The van der Waals surface area contributed by atoms with E-state index >= 15 is 0 Å². The van der Waals surface area contributed by atoms with Crippen LogP contribution in [-0.4, -0.2) is 34.0 Å². The van der Waals surface area contributed by atoms with Crippen LogP contribution in [-0.2, 0) is 16.0 Å². The number of ether oxygens (including phenoxy) is 2. The van der Waals surface area contributed by atoms with E-state index in [-0.39, 0.29) is 12.1 Å². The molecule has 0 unspecified atom stereocenters. The quantitative estimate of drug-likeness (QED) is 0.559. The molecule has 0 saturated carbocycles. The molecule has 0 radical (unpaired) electrons. The average Bonchev–Trinajstić information content (AvgIpc) is 2.97. The predicted molar refractivity (Wildman–Crippen MR) is 97.4 cm³/mol. The number of benzene rings is 2. The third-order valence-electron chi connectivity index (χ3n) is 4.80. The molecule has 0 amide bonds. The SMILES string of the molecule is Fc1ccc2c(c1)c1nc3ccccc3nc1n2CCC1OCCCO1. The van der Waals surface area contributed by atoms with Gasteiger partial charge in [0.05, 0.1) is 29.8 Å². The first-order valence-corrected chi connectivity index (χ1v) is 8.87. The van der Waals surface area contributed by atoms with Gasteiger partial charge in [0, 0.05) is 18.4 Å². The number of nitrogens with zero attached hydrogens (tertiary/aromatic N) is 3. The molecule has 4 aromatic rings. The van der Waals surface area contributed by atoms with Gasteiger partial charge in [0.25, 0.3) is 0 Å². The van der Waals surface area contributed by atoms with Crippen LogP contribution in [0.25, 0.3) is 33.1 Å². The van der Waals surface area contributed by atoms with E-state index < -0.39 is 0 Å². The van der Waals surface area contributed by atoms with Crippen molar-refractivity contribution in [3.05, 3.63) is 48.3 Å². The summed E-state index contributed by atoms with van der Waals surface area (Å²) < 4.78 is 27.3. The molecule has 0 spiro atoms. The largest absolute Gasteiger partial charge is 0.353 e. The molecule has 6 heteroatoms. The second-order valence-corrected chi connectivity index (χ2v) is 6.51. The van der Waals surface area contributed by atoms with Crippen LogP contribution in [0.5, 0.6) is 0 Å². The Hall–Kier alpha value is -2.57. The van der Waals surface area contributed by atoms with Crippen molar-refractivity contribution in [3.8, 4) is 0 Å². The number of halogens is 1. The summed E-state index contributed by atoms with van der Waals surface area (Å²) in [7, 11) is 0. The zero-order valence-electron chi connectivity index (χ0n) is 14.2. The minimum absolute atomic E-state index is 0.204. The summed E-state index contributed by atoms with van der Waals surface area (Å²) in [5, 5.41) is 0.781. The molecule has 1 aliphatic heterocycles. The van der Waals surface area contributed by atoms with Crippen molar-refractivity contribution >= 4 is 33.1 Å². The number of hydrogen-bond acceptors (Lipinski definition) is 4. The van der Waals surface area contributed by atoms with Gasteiger partial charge in [0.1, 0.15) is 11.3 Å². The van der Waals surface area contributed by atoms with Gasteiger partial charge >= 0.3 is 0 Å². The van der Waals surface area contributed by atoms with Gasteiger partial charge in [-0.3, -0.25) is 0 Å². The number of aryl methyl sites for hydroxylation is 1. The molecular formula is C20H18FN3O2. The number of para-hydroxylation sites is 2. The molecule has 3 heterocycles. The number of fused-ring (bicyclic) bond motifs is 4. The Bertz CT molecular complexity index is 1100. The summed E-state index contributed by atoms with van der Waals surface area (Å²) in [6.45, 7) is 2.13. The van der Waals surface area contributed by atoms with Gasteiger partial charge in [0.2, 0.25) is 0 Å². The first-order valence-electron chi connectivity index (χ1n) is 8.87. The summed E-state index contributed by atoms with van der Waals surface area (Å²) in [6, 6.07) is 12.5. The maximum atomic E-state index is 13.9. The average molecular weight is 351 g/mol. The smallest absolute Gasteiger partial charge is 0.160 e. The van der Waals surface area contributed by atoms with E-state index in [1.807, 2.05) is 24.3 Å². The Morgan fingerprint density at radius 1 is 1.04 bits per heavy atom. The van der Waals surface area contributed by atoms with Gasteiger partial charge < -0.3 is 14.0 Å². The first kappa shape index (κ1) is 15.7. The normalized spacial score (nSPS) is 16.0. The van der Waals surface area contributed by atoms with Crippen molar-refractivity contribution in [2.45, 2.75) is 25.7 Å². The lowest BCUT2D eigenvalue weighted by molar-refractivity contribution is -0.182. The third kappa shape index (κ3) is 2.62. The fourth-order valence-corrected chi connectivity index (χ4v) is 3.57. The fourth-order valence-electron chi connectivity index (χ4n) is 3.57. The third-order valence-corrected chi connectivity index (χ3v) is 4.80. The molecule has 0 bridgehead atoms. The van der Waals surface area contributed by atoms with Crippen molar-refractivity contribution in [1.82, 2.24) is 14.5 Å². The fraction of sp³-hybridized carbons (Fsp3) is 0.300. The lowest BCUT2D eigenvalue weighted by atomic mass is 10.2. The van der Waals surface area contributed by atoms with Crippen molar-refractivity contribution in [2.75, 3.05) is 13.2 Å². The zero-order valence-corrected chi connectivity index (χ0v) is 14.2. The van der Waals surface area contributed by atoms with Crippen molar-refractivity contribution in [2.24, 2.45) is 0 Å². The molecule has 26 heavy (non-hydrogen) atoms. The number of aromatic nitrogens is 3. The molecule has 1 fully saturated rings. The molecule has 1 saturated heterocycles. The van der Waals surface area contributed by atoms with Gasteiger partial charge in [0.15, 0.2) is 11.9 Å². The maximum Gasteiger partial charge on any atom is 0.160 e. The Morgan fingerprint density at radius 2 is 1.81 bits per heavy atom. The van der Waals surface area contributed by atoms with Crippen molar-refractivity contribution in [1.29, 1.82) is 0 Å². The molecule has 0 aliphatic carbocycles. The van der Waals surface area contributed by atoms with Gasteiger partial charge in [-0.1, -0.05) is 12.1 Å². The van der Waals surface area contributed by atoms with E-state index in [0.29, 0.717) is 13.0 Å². The van der Waals surface area contributed by atoms with Crippen molar-refractivity contribution < 1.29 is 13.9 Å². The van der Waals surface area contributed by atoms with Gasteiger partial charge in [-0.15, -0.1) is 0 Å². The van der Waals surface area contributed by atoms with Crippen LogP contribution in [0.3, 0.4) is 0 Å². The molecule has 132 valence electrons. The highest BCUT2D eigenvalue weighted by atomic mass is 19.1. The lowest BCUT2D eigenvalue weighted by Crippen LogP contribution is -2.26. The van der Waals surface area contributed by atoms with Crippen LogP contribution in [0.2, 0.25) is 0 Å². The highest BCUT2D eigenvalue weighted by molar-refractivity contribution is 6.06. The molecule has 2 aromatic carbocycles. The molecule has 5 nitrogen and oxygen atoms in total.